The molecule has 1 unspecified atom stereocenters. The van der Waals surface area contributed by atoms with Gasteiger partial charge in [0.1, 0.15) is 11.4 Å². The van der Waals surface area contributed by atoms with Gasteiger partial charge in [-0.2, -0.15) is 5.26 Å². The molecule has 0 radical (unpaired) electrons. The third kappa shape index (κ3) is 3.13. The first-order chi connectivity index (χ1) is 9.05. The molecule has 0 spiro atoms. The van der Waals surface area contributed by atoms with E-state index in [2.05, 4.69) is 11.4 Å². The van der Waals surface area contributed by atoms with Gasteiger partial charge in [0.05, 0.1) is 6.07 Å². The Labute approximate surface area is 120 Å². The monoisotopic (exact) mass is 294 g/mol. The fourth-order valence-electron chi connectivity index (χ4n) is 1.77. The van der Waals surface area contributed by atoms with Crippen LogP contribution in [0.4, 0.5) is 4.39 Å². The molecule has 0 fully saturated rings. The van der Waals surface area contributed by atoms with Crippen LogP contribution in [0.15, 0.2) is 35.7 Å². The zero-order chi connectivity index (χ0) is 13.9. The van der Waals surface area contributed by atoms with Crippen molar-refractivity contribution < 1.29 is 4.39 Å². The fraction of sp³-hybridized carbons (Fsp3) is 0.214. The van der Waals surface area contributed by atoms with Crippen LogP contribution in [-0.2, 0) is 12.1 Å². The van der Waals surface area contributed by atoms with Gasteiger partial charge in [-0.25, -0.2) is 4.39 Å². The minimum Gasteiger partial charge on any atom is -0.291 e. The van der Waals surface area contributed by atoms with Crippen LogP contribution >= 0.6 is 22.9 Å². The highest BCUT2D eigenvalue weighted by Crippen LogP contribution is 2.29. The molecule has 1 heterocycles. The number of nitrogens with zero attached hydrogens (tertiary/aromatic N) is 1. The van der Waals surface area contributed by atoms with Gasteiger partial charge in [0.2, 0.25) is 0 Å². The number of nitriles is 1. The van der Waals surface area contributed by atoms with Gasteiger partial charge in [0.25, 0.3) is 0 Å². The van der Waals surface area contributed by atoms with Crippen molar-refractivity contribution >= 4 is 22.9 Å². The summed E-state index contributed by atoms with van der Waals surface area (Å²) in [5, 5.41) is 14.8. The number of halogens is 2. The molecule has 0 aliphatic heterocycles. The third-order valence-corrected chi connectivity index (χ3v) is 4.08. The highest BCUT2D eigenvalue weighted by Gasteiger charge is 2.28. The highest BCUT2D eigenvalue weighted by molar-refractivity contribution is 7.09. The van der Waals surface area contributed by atoms with Gasteiger partial charge < -0.3 is 0 Å². The summed E-state index contributed by atoms with van der Waals surface area (Å²) in [5.41, 5.74) is -0.371. The highest BCUT2D eigenvalue weighted by atomic mass is 35.5. The van der Waals surface area contributed by atoms with Crippen LogP contribution in [0.25, 0.3) is 0 Å². The maximum absolute atomic E-state index is 13.1. The van der Waals surface area contributed by atoms with Crippen LogP contribution in [0.5, 0.6) is 0 Å². The van der Waals surface area contributed by atoms with Gasteiger partial charge in [0.15, 0.2) is 0 Å². The lowest BCUT2D eigenvalue weighted by Crippen LogP contribution is -2.37. The molecule has 19 heavy (non-hydrogen) atoms. The van der Waals surface area contributed by atoms with Crippen molar-refractivity contribution in [3.05, 3.63) is 57.0 Å². The summed E-state index contributed by atoms with van der Waals surface area (Å²) < 4.78 is 13.1. The molecule has 2 rings (SSSR count). The standard InChI is InChI=1S/C14H12ClFN2S/c1-14(9-17,18-8-11-3-2-6-19-11)12-5-4-10(16)7-13(12)15/h2-7,18H,8H2,1H3. The van der Waals surface area contributed by atoms with E-state index in [0.29, 0.717) is 12.1 Å². The Morgan fingerprint density at radius 2 is 2.26 bits per heavy atom. The predicted molar refractivity (Wildman–Crippen MR) is 75.5 cm³/mol. The summed E-state index contributed by atoms with van der Waals surface area (Å²) in [5.74, 6) is -0.410. The van der Waals surface area contributed by atoms with Crippen molar-refractivity contribution in [2.24, 2.45) is 0 Å². The van der Waals surface area contributed by atoms with E-state index in [9.17, 15) is 9.65 Å². The molecule has 2 nitrogen and oxygen atoms in total. The van der Waals surface area contributed by atoms with Crippen molar-refractivity contribution in [2.45, 2.75) is 19.0 Å². The van der Waals surface area contributed by atoms with Gasteiger partial charge in [0, 0.05) is 22.0 Å². The summed E-state index contributed by atoms with van der Waals surface area (Å²) in [6, 6.07) is 10.2. The van der Waals surface area contributed by atoms with Crippen molar-refractivity contribution in [1.29, 1.82) is 5.26 Å². The molecule has 2 aromatic rings. The molecular weight excluding hydrogens is 283 g/mol. The first-order valence-corrected chi connectivity index (χ1v) is 6.95. The van der Waals surface area contributed by atoms with Gasteiger partial charge >= 0.3 is 0 Å². The van der Waals surface area contributed by atoms with Crippen molar-refractivity contribution in [3.8, 4) is 6.07 Å². The molecule has 1 atom stereocenters. The lowest BCUT2D eigenvalue weighted by Gasteiger charge is -2.24. The first-order valence-electron chi connectivity index (χ1n) is 5.69. The first kappa shape index (κ1) is 14.0. The largest absolute Gasteiger partial charge is 0.291 e. The van der Waals surface area contributed by atoms with E-state index in [1.165, 1.54) is 12.1 Å². The fourth-order valence-corrected chi connectivity index (χ4v) is 2.77. The number of rotatable bonds is 4. The van der Waals surface area contributed by atoms with E-state index in [0.717, 1.165) is 4.88 Å². The number of hydrogen-bond acceptors (Lipinski definition) is 3. The quantitative estimate of drug-likeness (QED) is 0.922. The molecule has 1 aromatic carbocycles. The lowest BCUT2D eigenvalue weighted by molar-refractivity contribution is 0.466. The Balaban J connectivity index is 2.24. The van der Waals surface area contributed by atoms with Crippen LogP contribution in [0, 0.1) is 17.1 Å². The van der Waals surface area contributed by atoms with E-state index in [1.807, 2.05) is 17.5 Å². The normalized spacial score (nSPS) is 13.8. The van der Waals surface area contributed by atoms with Gasteiger partial charge in [-0.15, -0.1) is 11.3 Å². The van der Waals surface area contributed by atoms with E-state index in [4.69, 9.17) is 11.6 Å². The zero-order valence-corrected chi connectivity index (χ0v) is 11.9. The minimum absolute atomic E-state index is 0.253. The van der Waals surface area contributed by atoms with E-state index < -0.39 is 11.4 Å². The van der Waals surface area contributed by atoms with Gasteiger partial charge in [-0.3, -0.25) is 5.32 Å². The Hall–Kier alpha value is -1.41. The summed E-state index contributed by atoms with van der Waals surface area (Å²) in [4.78, 5) is 1.12. The maximum Gasteiger partial charge on any atom is 0.131 e. The second kappa shape index (κ2) is 5.70. The topological polar surface area (TPSA) is 35.8 Å². The molecule has 0 bridgehead atoms. The molecule has 0 aliphatic rings. The van der Waals surface area contributed by atoms with Crippen LogP contribution in [0.1, 0.15) is 17.4 Å². The summed E-state index contributed by atoms with van der Waals surface area (Å²) in [6.07, 6.45) is 0. The lowest BCUT2D eigenvalue weighted by atomic mass is 9.93. The third-order valence-electron chi connectivity index (χ3n) is 2.89. The number of nitrogens with one attached hydrogen (secondary N) is 1. The number of thiophene rings is 1. The molecular formula is C14H12ClFN2S. The van der Waals surface area contributed by atoms with Gasteiger partial charge in [-0.1, -0.05) is 23.7 Å². The number of hydrogen-bond donors (Lipinski definition) is 1. The van der Waals surface area contributed by atoms with E-state index >= 15 is 0 Å². The second-order valence-electron chi connectivity index (χ2n) is 4.29. The summed E-state index contributed by atoms with van der Waals surface area (Å²) in [6.45, 7) is 2.30. The minimum atomic E-state index is -0.950. The predicted octanol–water partition coefficient (Wildman–Crippen LogP) is 4.07. The smallest absolute Gasteiger partial charge is 0.131 e. The van der Waals surface area contributed by atoms with Crippen molar-refractivity contribution in [3.63, 3.8) is 0 Å². The number of benzene rings is 1. The summed E-state index contributed by atoms with van der Waals surface area (Å²) in [7, 11) is 0. The SMILES string of the molecule is CC(C#N)(NCc1cccs1)c1ccc(F)cc1Cl. The molecule has 0 saturated heterocycles. The Kier molecular flexibility index (Phi) is 4.20. The Morgan fingerprint density at radius 3 is 2.84 bits per heavy atom. The van der Waals surface area contributed by atoms with E-state index in [1.54, 1.807) is 24.3 Å². The second-order valence-corrected chi connectivity index (χ2v) is 5.73. The molecule has 1 aromatic heterocycles. The van der Waals surface area contributed by atoms with Crippen LogP contribution in [0.2, 0.25) is 5.02 Å². The molecule has 0 amide bonds. The molecule has 0 saturated carbocycles. The van der Waals surface area contributed by atoms with Crippen molar-refractivity contribution in [1.82, 2.24) is 5.32 Å². The van der Waals surface area contributed by atoms with Gasteiger partial charge in [-0.05, 0) is 30.5 Å². The maximum atomic E-state index is 13.1. The summed E-state index contributed by atoms with van der Waals surface area (Å²) >= 11 is 7.64. The molecule has 5 heteroatoms. The Bertz CT molecular complexity index is 606. The Morgan fingerprint density at radius 1 is 1.47 bits per heavy atom. The van der Waals surface area contributed by atoms with Crippen LogP contribution in [0.3, 0.4) is 0 Å². The van der Waals surface area contributed by atoms with Crippen LogP contribution < -0.4 is 5.32 Å². The van der Waals surface area contributed by atoms with Crippen molar-refractivity contribution in [2.75, 3.05) is 0 Å². The molecule has 98 valence electrons. The molecule has 0 aliphatic carbocycles. The van der Waals surface area contributed by atoms with Crippen LogP contribution in [-0.4, -0.2) is 0 Å². The average molecular weight is 295 g/mol. The molecule has 1 N–H and O–H groups in total. The average Bonchev–Trinajstić information content (AvgIpc) is 2.89. The zero-order valence-electron chi connectivity index (χ0n) is 10.3. The van der Waals surface area contributed by atoms with E-state index in [-0.39, 0.29) is 5.02 Å².